The van der Waals surface area contributed by atoms with Gasteiger partial charge in [0.25, 0.3) is 0 Å². The van der Waals surface area contributed by atoms with Crippen LogP contribution in [-0.4, -0.2) is 20.8 Å². The summed E-state index contributed by atoms with van der Waals surface area (Å²) >= 11 is 8.93. The quantitative estimate of drug-likeness (QED) is 0.459. The van der Waals surface area contributed by atoms with Crippen molar-refractivity contribution in [3.05, 3.63) is 75.3 Å². The minimum atomic E-state index is -0.0110. The molecule has 0 bridgehead atoms. The number of thiazole rings is 1. The molecular weight excluding hydrogens is 432 g/mol. The van der Waals surface area contributed by atoms with E-state index in [0.29, 0.717) is 0 Å². The summed E-state index contributed by atoms with van der Waals surface area (Å²) in [4.78, 5) is 10.2. The van der Waals surface area contributed by atoms with Gasteiger partial charge in [0, 0.05) is 23.7 Å². The van der Waals surface area contributed by atoms with Gasteiger partial charge in [-0.25, -0.2) is 9.97 Å². The maximum atomic E-state index is 8.89. The molecule has 0 radical (unpaired) electrons. The second-order valence-corrected chi connectivity index (χ2v) is 8.91. The van der Waals surface area contributed by atoms with Gasteiger partial charge in [0.05, 0.1) is 22.7 Å². The molecule has 156 valence electrons. The highest BCUT2D eigenvalue weighted by Crippen LogP contribution is 2.26. The van der Waals surface area contributed by atoms with Gasteiger partial charge in [-0.2, -0.15) is 5.26 Å². The zero-order valence-electron chi connectivity index (χ0n) is 17.6. The number of rotatable bonds is 5. The molecule has 0 saturated heterocycles. The van der Waals surface area contributed by atoms with Crippen molar-refractivity contribution in [2.75, 3.05) is 6.26 Å². The van der Waals surface area contributed by atoms with E-state index in [9.17, 15) is 0 Å². The largest absolute Gasteiger partial charge is 0.332 e. The molecule has 7 heteroatoms. The smallest absolute Gasteiger partial charge is 0.159 e. The van der Waals surface area contributed by atoms with Crippen molar-refractivity contribution in [3.63, 3.8) is 0 Å². The minimum Gasteiger partial charge on any atom is -0.332 e. The molecule has 4 nitrogen and oxygen atoms in total. The Bertz CT molecular complexity index is 1050. The van der Waals surface area contributed by atoms with Crippen LogP contribution in [0.4, 0.5) is 0 Å². The zero-order valence-corrected chi connectivity index (χ0v) is 20.0. The third kappa shape index (κ3) is 6.88. The molecule has 3 rings (SSSR count). The maximum Gasteiger partial charge on any atom is 0.159 e. The number of allylic oxidation sites excluding steroid dienone is 8. The van der Waals surface area contributed by atoms with Crippen molar-refractivity contribution in [1.29, 1.82) is 5.26 Å². The lowest BCUT2D eigenvalue weighted by atomic mass is 9.97. The van der Waals surface area contributed by atoms with Crippen LogP contribution in [0, 0.1) is 24.2 Å². The molecule has 1 atom stereocenters. The molecule has 2 aromatic rings. The van der Waals surface area contributed by atoms with Crippen molar-refractivity contribution < 1.29 is 0 Å². The first-order valence-electron chi connectivity index (χ1n) is 9.35. The molecule has 0 amide bonds. The van der Waals surface area contributed by atoms with Gasteiger partial charge in [0.15, 0.2) is 5.82 Å². The third-order valence-electron chi connectivity index (χ3n) is 4.25. The first-order valence-corrected chi connectivity index (χ1v) is 11.8. The molecular formula is C23H25ClN4S2. The molecule has 0 saturated carbocycles. The fraction of sp³-hybridized carbons (Fsp3) is 0.261. The van der Waals surface area contributed by atoms with E-state index in [4.69, 9.17) is 16.9 Å². The summed E-state index contributed by atoms with van der Waals surface area (Å²) in [7, 11) is 1.98. The van der Waals surface area contributed by atoms with Crippen molar-refractivity contribution in [3.8, 4) is 17.6 Å². The van der Waals surface area contributed by atoms with Crippen LogP contribution in [0.25, 0.3) is 17.1 Å². The lowest BCUT2D eigenvalue weighted by molar-refractivity contribution is 0.840. The van der Waals surface area contributed by atoms with Gasteiger partial charge >= 0.3 is 0 Å². The summed E-state index contributed by atoms with van der Waals surface area (Å²) in [5.74, 6) is 0.865. The number of thioether (sulfide) groups is 1. The number of nitrogens with zero attached hydrogens (tertiary/aromatic N) is 4. The zero-order chi connectivity index (χ0) is 22.1. The van der Waals surface area contributed by atoms with E-state index >= 15 is 0 Å². The summed E-state index contributed by atoms with van der Waals surface area (Å²) in [6.07, 6.45) is 16.3. The monoisotopic (exact) mass is 456 g/mol. The fourth-order valence-electron chi connectivity index (χ4n) is 2.55. The highest BCUT2D eigenvalue weighted by Gasteiger charge is 2.14. The number of aryl methyl sites for hydroxylation is 2. The highest BCUT2D eigenvalue weighted by atomic mass is 35.5. The molecule has 30 heavy (non-hydrogen) atoms. The topological polar surface area (TPSA) is 54.5 Å². The number of imidazole rings is 1. The second kappa shape index (κ2) is 11.8. The SMILES string of the molecule is C=C(/C=C\C(Cl)=C/C)SC.Cc1nc(-c2nc(C3=CCC(C#N)C=C3)cn2C)cs1. The van der Waals surface area contributed by atoms with Gasteiger partial charge < -0.3 is 4.57 Å². The predicted molar refractivity (Wildman–Crippen MR) is 131 cm³/mol. The molecule has 0 aliphatic heterocycles. The molecule has 2 aromatic heterocycles. The number of nitriles is 1. The molecule has 1 unspecified atom stereocenters. The van der Waals surface area contributed by atoms with E-state index in [1.807, 2.05) is 73.7 Å². The van der Waals surface area contributed by atoms with Crippen LogP contribution in [0.5, 0.6) is 0 Å². The number of aromatic nitrogens is 3. The summed E-state index contributed by atoms with van der Waals surface area (Å²) in [5, 5.41) is 12.7. The second-order valence-electron chi connectivity index (χ2n) is 6.48. The Labute approximate surface area is 192 Å². The summed E-state index contributed by atoms with van der Waals surface area (Å²) in [6, 6.07) is 2.26. The minimum absolute atomic E-state index is 0.0110. The van der Waals surface area contributed by atoms with E-state index in [1.165, 1.54) is 0 Å². The molecule has 0 fully saturated rings. The Morgan fingerprint density at radius 3 is 2.70 bits per heavy atom. The third-order valence-corrected chi connectivity index (χ3v) is 6.03. The van der Waals surface area contributed by atoms with Gasteiger partial charge in [0.2, 0.25) is 0 Å². The normalized spacial score (nSPS) is 16.1. The fourth-order valence-corrected chi connectivity index (χ4v) is 3.41. The van der Waals surface area contributed by atoms with Crippen molar-refractivity contribution in [1.82, 2.24) is 14.5 Å². The van der Waals surface area contributed by atoms with Crippen LogP contribution < -0.4 is 0 Å². The lowest BCUT2D eigenvalue weighted by Crippen LogP contribution is -1.96. The van der Waals surface area contributed by atoms with Crippen LogP contribution >= 0.6 is 34.7 Å². The molecule has 0 spiro atoms. The first kappa shape index (κ1) is 23.9. The number of hydrogen-bond acceptors (Lipinski definition) is 5. The van der Waals surface area contributed by atoms with Crippen LogP contribution in [0.2, 0.25) is 0 Å². The van der Waals surface area contributed by atoms with E-state index in [-0.39, 0.29) is 5.92 Å². The summed E-state index contributed by atoms with van der Waals surface area (Å²) in [5.41, 5.74) is 2.92. The Morgan fingerprint density at radius 1 is 1.40 bits per heavy atom. The maximum absolute atomic E-state index is 8.89. The van der Waals surface area contributed by atoms with E-state index in [2.05, 4.69) is 28.7 Å². The van der Waals surface area contributed by atoms with Gasteiger partial charge in [-0.3, -0.25) is 0 Å². The Balaban J connectivity index is 0.000000274. The van der Waals surface area contributed by atoms with Gasteiger partial charge in [0.1, 0.15) is 5.69 Å². The van der Waals surface area contributed by atoms with Crippen molar-refractivity contribution in [2.24, 2.45) is 13.0 Å². The average Bonchev–Trinajstić information content (AvgIpc) is 3.37. The van der Waals surface area contributed by atoms with Gasteiger partial charge in [-0.15, -0.1) is 23.1 Å². The van der Waals surface area contributed by atoms with E-state index in [0.717, 1.165) is 44.2 Å². The van der Waals surface area contributed by atoms with Crippen LogP contribution in [-0.2, 0) is 7.05 Å². The predicted octanol–water partition coefficient (Wildman–Crippen LogP) is 6.90. The van der Waals surface area contributed by atoms with Gasteiger partial charge in [-0.05, 0) is 49.2 Å². The van der Waals surface area contributed by atoms with E-state index < -0.39 is 0 Å². The molecule has 1 aliphatic rings. The first-order chi connectivity index (χ1) is 14.4. The molecule has 2 heterocycles. The summed E-state index contributed by atoms with van der Waals surface area (Å²) in [6.45, 7) is 7.66. The highest BCUT2D eigenvalue weighted by molar-refractivity contribution is 8.02. The molecule has 1 aliphatic carbocycles. The van der Waals surface area contributed by atoms with Crippen LogP contribution in [0.15, 0.2) is 64.5 Å². The number of hydrogen-bond donors (Lipinski definition) is 0. The lowest BCUT2D eigenvalue weighted by Gasteiger charge is -2.07. The average molecular weight is 457 g/mol. The number of halogens is 1. The van der Waals surface area contributed by atoms with Gasteiger partial charge in [-0.1, -0.05) is 42.5 Å². The Kier molecular flexibility index (Phi) is 9.38. The van der Waals surface area contributed by atoms with Crippen LogP contribution in [0.3, 0.4) is 0 Å². The molecule has 0 N–H and O–H groups in total. The van der Waals surface area contributed by atoms with Crippen molar-refractivity contribution >= 4 is 40.3 Å². The van der Waals surface area contributed by atoms with Crippen LogP contribution in [0.1, 0.15) is 24.0 Å². The molecule has 0 aromatic carbocycles. The standard InChI is InChI=1S/C15H14N4S.C8H11ClS/c1-10-17-14(9-20-10)15-18-13(8-19(15)2)12-5-3-11(7-16)4-6-12;1-4-8(9)6-5-7(2)10-3/h3,5-6,8-9,11H,4H2,1-2H3;4-6H,2H2,1,3H3/b;6-5-,8-4+. The van der Waals surface area contributed by atoms with E-state index in [1.54, 1.807) is 23.1 Å². The summed E-state index contributed by atoms with van der Waals surface area (Å²) < 4.78 is 1.99. The Hall–Kier alpha value is -2.33. The van der Waals surface area contributed by atoms with Crippen molar-refractivity contribution in [2.45, 2.75) is 20.3 Å². The Morgan fingerprint density at radius 2 is 2.17 bits per heavy atom.